The van der Waals surface area contributed by atoms with Gasteiger partial charge in [-0.1, -0.05) is 30.5 Å². The van der Waals surface area contributed by atoms with E-state index in [0.717, 1.165) is 25.7 Å². The average molecular weight is 357 g/mol. The Kier molecular flexibility index (Phi) is 4.94. The third-order valence-electron chi connectivity index (χ3n) is 4.69. The van der Waals surface area contributed by atoms with Gasteiger partial charge in [-0.25, -0.2) is 8.42 Å². The van der Waals surface area contributed by atoms with Crippen molar-refractivity contribution in [2.75, 3.05) is 26.2 Å². The normalized spacial score (nSPS) is 20.8. The number of benzene rings is 1. The van der Waals surface area contributed by atoms with Crippen molar-refractivity contribution < 1.29 is 13.2 Å². The van der Waals surface area contributed by atoms with Gasteiger partial charge in [-0.05, 0) is 31.0 Å². The van der Waals surface area contributed by atoms with Crippen molar-refractivity contribution in [2.24, 2.45) is 5.92 Å². The lowest BCUT2D eigenvalue weighted by atomic mass is 10.1. The third-order valence-corrected chi connectivity index (χ3v) is 6.82. The molecule has 23 heavy (non-hydrogen) atoms. The number of carbonyl (C=O) groups excluding carboxylic acids is 1. The van der Waals surface area contributed by atoms with Gasteiger partial charge in [-0.3, -0.25) is 4.79 Å². The van der Waals surface area contributed by atoms with E-state index in [-0.39, 0.29) is 16.7 Å². The second kappa shape index (κ2) is 6.79. The van der Waals surface area contributed by atoms with E-state index in [1.165, 1.54) is 10.4 Å². The molecule has 1 saturated heterocycles. The number of piperazine rings is 1. The summed E-state index contributed by atoms with van der Waals surface area (Å²) >= 11 is 5.89. The Bertz CT molecular complexity index is 678. The van der Waals surface area contributed by atoms with Crippen LogP contribution in [0.3, 0.4) is 0 Å². The first-order valence-electron chi connectivity index (χ1n) is 8.03. The molecule has 1 aliphatic carbocycles. The van der Waals surface area contributed by atoms with Crippen LogP contribution in [0.15, 0.2) is 29.2 Å². The van der Waals surface area contributed by atoms with E-state index in [0.29, 0.717) is 31.2 Å². The Morgan fingerprint density at radius 2 is 1.74 bits per heavy atom. The highest BCUT2D eigenvalue weighted by atomic mass is 35.5. The molecule has 0 radical (unpaired) electrons. The van der Waals surface area contributed by atoms with E-state index >= 15 is 0 Å². The second-order valence-electron chi connectivity index (χ2n) is 6.17. The van der Waals surface area contributed by atoms with E-state index < -0.39 is 10.0 Å². The molecule has 2 fully saturated rings. The molecule has 2 aliphatic rings. The van der Waals surface area contributed by atoms with Crippen LogP contribution in [-0.2, 0) is 14.8 Å². The van der Waals surface area contributed by atoms with Gasteiger partial charge < -0.3 is 4.90 Å². The van der Waals surface area contributed by atoms with Gasteiger partial charge in [-0.15, -0.1) is 0 Å². The zero-order valence-corrected chi connectivity index (χ0v) is 14.5. The van der Waals surface area contributed by atoms with Gasteiger partial charge in [0.05, 0.1) is 4.90 Å². The number of carbonyl (C=O) groups is 1. The molecule has 7 heteroatoms. The fourth-order valence-corrected chi connectivity index (χ4v) is 5.08. The van der Waals surface area contributed by atoms with Crippen LogP contribution in [0.1, 0.15) is 25.7 Å². The van der Waals surface area contributed by atoms with Gasteiger partial charge in [0.15, 0.2) is 0 Å². The number of nitrogens with zero attached hydrogens (tertiary/aromatic N) is 2. The Morgan fingerprint density at radius 3 is 2.35 bits per heavy atom. The summed E-state index contributed by atoms with van der Waals surface area (Å²) in [4.78, 5) is 14.4. The van der Waals surface area contributed by atoms with Crippen molar-refractivity contribution in [1.29, 1.82) is 0 Å². The minimum absolute atomic E-state index is 0.145. The highest BCUT2D eigenvalue weighted by Crippen LogP contribution is 2.27. The first-order valence-corrected chi connectivity index (χ1v) is 9.85. The van der Waals surface area contributed by atoms with E-state index in [2.05, 4.69) is 0 Å². The van der Waals surface area contributed by atoms with Crippen molar-refractivity contribution in [3.63, 3.8) is 0 Å². The van der Waals surface area contributed by atoms with Crippen LogP contribution in [0.4, 0.5) is 0 Å². The van der Waals surface area contributed by atoms with E-state index in [9.17, 15) is 13.2 Å². The third kappa shape index (κ3) is 3.54. The fraction of sp³-hybridized carbons (Fsp3) is 0.562. The van der Waals surface area contributed by atoms with E-state index in [4.69, 9.17) is 11.6 Å². The quantitative estimate of drug-likeness (QED) is 0.835. The topological polar surface area (TPSA) is 57.7 Å². The number of amides is 1. The highest BCUT2D eigenvalue weighted by molar-refractivity contribution is 7.89. The van der Waals surface area contributed by atoms with Gasteiger partial charge in [-0.2, -0.15) is 4.31 Å². The highest BCUT2D eigenvalue weighted by Gasteiger charge is 2.33. The lowest BCUT2D eigenvalue weighted by Gasteiger charge is -2.35. The van der Waals surface area contributed by atoms with Gasteiger partial charge in [0.2, 0.25) is 15.9 Å². The van der Waals surface area contributed by atoms with Crippen LogP contribution in [0.5, 0.6) is 0 Å². The number of hydrogen-bond donors (Lipinski definition) is 0. The summed E-state index contributed by atoms with van der Waals surface area (Å²) in [6.07, 6.45) is 4.19. The first kappa shape index (κ1) is 16.7. The summed E-state index contributed by atoms with van der Waals surface area (Å²) in [5.41, 5.74) is 0. The van der Waals surface area contributed by atoms with Crippen LogP contribution < -0.4 is 0 Å². The van der Waals surface area contributed by atoms with Crippen LogP contribution in [0, 0.1) is 5.92 Å². The summed E-state index contributed by atoms with van der Waals surface area (Å²) < 4.78 is 26.7. The molecule has 1 aromatic rings. The van der Waals surface area contributed by atoms with Gasteiger partial charge >= 0.3 is 0 Å². The number of sulfonamides is 1. The van der Waals surface area contributed by atoms with Crippen molar-refractivity contribution in [1.82, 2.24) is 9.21 Å². The Hall–Kier alpha value is -1.11. The van der Waals surface area contributed by atoms with E-state index in [1.54, 1.807) is 18.2 Å². The largest absolute Gasteiger partial charge is 0.340 e. The molecule has 0 N–H and O–H groups in total. The molecule has 0 unspecified atom stereocenters. The van der Waals surface area contributed by atoms with E-state index in [1.807, 2.05) is 4.90 Å². The molecule has 0 atom stereocenters. The molecular formula is C16H21ClN2O3S. The molecule has 1 aliphatic heterocycles. The summed E-state index contributed by atoms with van der Waals surface area (Å²) in [5.74, 6) is 0.341. The van der Waals surface area contributed by atoms with Gasteiger partial charge in [0, 0.05) is 37.1 Å². The zero-order chi connectivity index (χ0) is 16.4. The van der Waals surface area contributed by atoms with Crippen LogP contribution >= 0.6 is 11.6 Å². The molecule has 0 aromatic heterocycles. The second-order valence-corrected chi connectivity index (χ2v) is 8.54. The monoisotopic (exact) mass is 356 g/mol. The van der Waals surface area contributed by atoms with Crippen LogP contribution in [-0.4, -0.2) is 49.7 Å². The lowest BCUT2D eigenvalue weighted by molar-refractivity contribution is -0.136. The number of hydrogen-bond acceptors (Lipinski definition) is 3. The van der Waals surface area contributed by atoms with Gasteiger partial charge in [0.1, 0.15) is 0 Å². The summed E-state index contributed by atoms with van der Waals surface area (Å²) in [5, 5.41) is 0.404. The van der Waals surface area contributed by atoms with Crippen molar-refractivity contribution in [3.05, 3.63) is 29.3 Å². The molecule has 3 rings (SSSR count). The molecule has 126 valence electrons. The molecule has 1 heterocycles. The molecule has 1 aromatic carbocycles. The van der Waals surface area contributed by atoms with Crippen LogP contribution in [0.25, 0.3) is 0 Å². The van der Waals surface area contributed by atoms with Gasteiger partial charge in [0.25, 0.3) is 0 Å². The molecule has 1 saturated carbocycles. The predicted molar refractivity (Wildman–Crippen MR) is 88.7 cm³/mol. The smallest absolute Gasteiger partial charge is 0.243 e. The molecule has 0 bridgehead atoms. The zero-order valence-electron chi connectivity index (χ0n) is 12.9. The van der Waals surface area contributed by atoms with Crippen molar-refractivity contribution >= 4 is 27.5 Å². The first-order chi connectivity index (χ1) is 11.0. The predicted octanol–water partition coefficient (Wildman–Crippen LogP) is 2.36. The minimum atomic E-state index is -3.54. The maximum atomic E-state index is 12.6. The molecular weight excluding hydrogens is 336 g/mol. The standard InChI is InChI=1S/C16H21ClN2O3S/c17-14-6-3-7-15(12-14)23(21,22)19-10-8-18(9-11-19)16(20)13-4-1-2-5-13/h3,6-7,12-13H,1-2,4-5,8-11H2. The Morgan fingerprint density at radius 1 is 1.09 bits per heavy atom. The molecule has 1 amide bonds. The van der Waals surface area contributed by atoms with Crippen LogP contribution in [0.2, 0.25) is 5.02 Å². The Labute approximate surface area is 142 Å². The SMILES string of the molecule is O=C(C1CCCC1)N1CCN(S(=O)(=O)c2cccc(Cl)c2)CC1. The maximum Gasteiger partial charge on any atom is 0.243 e. The maximum absolute atomic E-state index is 12.6. The number of rotatable bonds is 3. The Balaban J connectivity index is 1.65. The molecule has 5 nitrogen and oxygen atoms in total. The fourth-order valence-electron chi connectivity index (χ4n) is 3.36. The molecule has 0 spiro atoms. The summed E-state index contributed by atoms with van der Waals surface area (Å²) in [7, 11) is -3.54. The number of halogens is 1. The minimum Gasteiger partial charge on any atom is -0.340 e. The van der Waals surface area contributed by atoms with Crippen molar-refractivity contribution in [2.45, 2.75) is 30.6 Å². The summed E-state index contributed by atoms with van der Waals surface area (Å²) in [6, 6.07) is 6.30. The summed E-state index contributed by atoms with van der Waals surface area (Å²) in [6.45, 7) is 1.62. The lowest BCUT2D eigenvalue weighted by Crippen LogP contribution is -2.51. The van der Waals surface area contributed by atoms with Crippen molar-refractivity contribution in [3.8, 4) is 0 Å². The average Bonchev–Trinajstić information content (AvgIpc) is 3.09.